The summed E-state index contributed by atoms with van der Waals surface area (Å²) < 4.78 is 20.5. The van der Waals surface area contributed by atoms with Crippen molar-refractivity contribution in [3.05, 3.63) is 25.3 Å². The van der Waals surface area contributed by atoms with Crippen LogP contribution in [0, 0.1) is 0 Å². The normalized spacial score (nSPS) is 10.7. The quantitative estimate of drug-likeness (QED) is 0.123. The number of nitrogens with zero attached hydrogens (tertiary/aromatic N) is 4. The van der Waals surface area contributed by atoms with Crippen LogP contribution in [0.4, 0.5) is 19.2 Å². The van der Waals surface area contributed by atoms with Gasteiger partial charge in [-0.15, -0.1) is 12.4 Å². The fourth-order valence-electron chi connectivity index (χ4n) is 3.52. The number of carbonyl (C=O) groups excluding carboxylic acids is 4. The average molecular weight is 752 g/mol. The molecular weight excluding hydrogens is 678 g/mol. The molecule has 0 aromatic heterocycles. The molecule has 0 atom stereocenters. The molecule has 0 aliphatic rings. The van der Waals surface area contributed by atoms with Crippen molar-refractivity contribution in [3.63, 3.8) is 0 Å². The first-order valence-corrected chi connectivity index (χ1v) is 17.6. The molecule has 0 rings (SSSR count). The van der Waals surface area contributed by atoms with E-state index in [1.54, 1.807) is 34.9 Å². The van der Waals surface area contributed by atoms with Gasteiger partial charge in [0.05, 0.1) is 0 Å². The Morgan fingerprint density at radius 1 is 0.647 bits per heavy atom. The van der Waals surface area contributed by atoms with Crippen LogP contribution < -0.4 is 5.32 Å². The number of hydrogen-bond donors (Lipinski definition) is 1. The molecule has 302 valence electrons. The lowest BCUT2D eigenvalue weighted by Gasteiger charge is -2.29. The van der Waals surface area contributed by atoms with Crippen LogP contribution >= 0.6 is 12.4 Å². The molecule has 4 amide bonds. The number of ether oxygens (including phenoxy) is 4. The third-order valence-electron chi connectivity index (χ3n) is 6.20. The lowest BCUT2D eigenvalue weighted by Crippen LogP contribution is -2.44. The summed E-state index contributed by atoms with van der Waals surface area (Å²) in [4.78, 5) is 53.1. The monoisotopic (exact) mass is 752 g/mol. The average Bonchev–Trinajstić information content (AvgIpc) is 2.97. The molecule has 0 unspecified atom stereocenters. The molecule has 0 heterocycles. The molecule has 0 radical (unpaired) electrons. The first-order chi connectivity index (χ1) is 22.9. The second-order valence-corrected chi connectivity index (χ2v) is 14.6. The van der Waals surface area contributed by atoms with Crippen LogP contribution in [0.1, 0.15) is 103 Å². The van der Waals surface area contributed by atoms with Crippen LogP contribution in [0.2, 0.25) is 0 Å². The highest BCUT2D eigenvalue weighted by molar-refractivity contribution is 5.85. The van der Waals surface area contributed by atoms with Crippen LogP contribution in [-0.2, 0) is 18.9 Å². The summed E-state index contributed by atoms with van der Waals surface area (Å²) in [5.41, 5.74) is -0.956. The van der Waals surface area contributed by atoms with Crippen LogP contribution in [-0.4, -0.2) is 133 Å². The van der Waals surface area contributed by atoms with Crippen molar-refractivity contribution in [2.45, 2.75) is 132 Å². The molecule has 0 saturated heterocycles. The van der Waals surface area contributed by atoms with Gasteiger partial charge in [-0.1, -0.05) is 52.5 Å². The van der Waals surface area contributed by atoms with Gasteiger partial charge in [0, 0.05) is 64.9 Å². The Bertz CT molecular complexity index is 981. The van der Waals surface area contributed by atoms with E-state index in [-0.39, 0.29) is 49.9 Å². The van der Waals surface area contributed by atoms with Gasteiger partial charge in [-0.2, -0.15) is 0 Å². The van der Waals surface area contributed by atoms with Crippen molar-refractivity contribution in [1.82, 2.24) is 24.9 Å². The van der Waals surface area contributed by atoms with Gasteiger partial charge in [0.2, 0.25) is 0 Å². The number of hydrogen-bond acceptors (Lipinski definition) is 9. The van der Waals surface area contributed by atoms with E-state index in [0.717, 1.165) is 25.9 Å². The van der Waals surface area contributed by atoms with Gasteiger partial charge >= 0.3 is 24.4 Å². The highest BCUT2D eigenvalue weighted by atomic mass is 35.5. The molecule has 0 fully saturated rings. The topological polar surface area (TPSA) is 130 Å². The van der Waals surface area contributed by atoms with Gasteiger partial charge in [-0.25, -0.2) is 19.2 Å². The van der Waals surface area contributed by atoms with E-state index in [4.69, 9.17) is 18.9 Å². The van der Waals surface area contributed by atoms with Crippen LogP contribution in [0.15, 0.2) is 25.3 Å². The standard InChI is InChI=1S/C15H28N2O4.C11H24N2O2.C11H21NO2.ClH/c1-8-11-20-14(19)17(12(2)3)10-9-16(7)13(18)21-15(4,5)6;1-9(2)12-7-8-13(6)10(14)15-11(3,4)5;1-5-7-8-12(10(3)4)11(13)14-9-6-2;/h8,12H,1,9-11H2,2-7H3;9,12H,7-8H2,1-6H3;6,10H,2,5,7-9H2,1,3-4H3;1H. The van der Waals surface area contributed by atoms with E-state index >= 15 is 0 Å². The largest absolute Gasteiger partial charge is 0.445 e. The molecule has 0 spiro atoms. The van der Waals surface area contributed by atoms with Gasteiger partial charge in [0.15, 0.2) is 0 Å². The van der Waals surface area contributed by atoms with Crippen molar-refractivity contribution in [1.29, 1.82) is 0 Å². The Hall–Kier alpha value is -3.19. The molecule has 1 N–H and O–H groups in total. The van der Waals surface area contributed by atoms with E-state index in [1.807, 2.05) is 69.2 Å². The number of nitrogens with one attached hydrogen (secondary N) is 1. The minimum Gasteiger partial charge on any atom is -0.445 e. The number of likely N-dealkylation sites (N-methyl/N-ethyl adjacent to an activating group) is 2. The fraction of sp³-hybridized carbons (Fsp3) is 0.784. The summed E-state index contributed by atoms with van der Waals surface area (Å²) in [7, 11) is 3.39. The number of rotatable bonds is 16. The molecule has 0 aliphatic carbocycles. The maximum absolute atomic E-state index is 11.9. The van der Waals surface area contributed by atoms with E-state index in [2.05, 4.69) is 39.2 Å². The third kappa shape index (κ3) is 32.5. The highest BCUT2D eigenvalue weighted by Gasteiger charge is 2.23. The third-order valence-corrected chi connectivity index (χ3v) is 6.20. The minimum atomic E-state index is -0.536. The Kier molecular flexibility index (Phi) is 31.5. The van der Waals surface area contributed by atoms with E-state index in [9.17, 15) is 19.2 Å². The minimum absolute atomic E-state index is 0. The zero-order valence-corrected chi connectivity index (χ0v) is 35.4. The van der Waals surface area contributed by atoms with Gasteiger partial charge in [0.1, 0.15) is 24.4 Å². The second kappa shape index (κ2) is 29.4. The van der Waals surface area contributed by atoms with Crippen molar-refractivity contribution >= 4 is 36.8 Å². The number of halogens is 1. The maximum Gasteiger partial charge on any atom is 0.410 e. The molecule has 0 aromatic carbocycles. The summed E-state index contributed by atoms with van der Waals surface area (Å²) in [5.74, 6) is 0. The lowest BCUT2D eigenvalue weighted by molar-refractivity contribution is 0.0268. The van der Waals surface area contributed by atoms with Gasteiger partial charge in [-0.3, -0.25) is 0 Å². The first-order valence-electron chi connectivity index (χ1n) is 17.6. The maximum atomic E-state index is 11.9. The number of unbranched alkanes of at least 4 members (excludes halogenated alkanes) is 1. The first kappa shape index (κ1) is 54.6. The molecular formula is C37H74ClN5O8. The summed E-state index contributed by atoms with van der Waals surface area (Å²) in [5, 5.41) is 3.24. The molecule has 0 aromatic rings. The van der Waals surface area contributed by atoms with Crippen LogP contribution in [0.3, 0.4) is 0 Å². The Labute approximate surface area is 316 Å². The molecule has 0 bridgehead atoms. The van der Waals surface area contributed by atoms with Crippen molar-refractivity contribution < 1.29 is 38.1 Å². The predicted molar refractivity (Wildman–Crippen MR) is 210 cm³/mol. The summed E-state index contributed by atoms with van der Waals surface area (Å²) in [6.07, 6.45) is 3.85. The molecule has 0 saturated carbocycles. The zero-order valence-electron chi connectivity index (χ0n) is 34.6. The SMILES string of the molecule is C=CCOC(=O)N(CCCC)C(C)C.C=CCOC(=O)N(CCN(C)C(=O)OC(C)(C)C)C(C)C.CC(C)NCCN(C)C(=O)OC(C)(C)C.Cl. The van der Waals surface area contributed by atoms with Crippen molar-refractivity contribution in [2.24, 2.45) is 0 Å². The summed E-state index contributed by atoms with van der Waals surface area (Å²) in [6.45, 7) is 35.5. The molecule has 0 aliphatic heterocycles. The van der Waals surface area contributed by atoms with Gasteiger partial charge in [-0.05, 0) is 75.7 Å². The predicted octanol–water partition coefficient (Wildman–Crippen LogP) is 7.98. The van der Waals surface area contributed by atoms with Gasteiger partial charge < -0.3 is 43.9 Å². The van der Waals surface area contributed by atoms with E-state index in [0.29, 0.717) is 25.7 Å². The van der Waals surface area contributed by atoms with E-state index in [1.165, 1.54) is 11.0 Å². The van der Waals surface area contributed by atoms with Crippen molar-refractivity contribution in [3.8, 4) is 0 Å². The van der Waals surface area contributed by atoms with E-state index < -0.39 is 23.4 Å². The van der Waals surface area contributed by atoms with Crippen molar-refractivity contribution in [2.75, 3.05) is 60.0 Å². The van der Waals surface area contributed by atoms with Gasteiger partial charge in [0.25, 0.3) is 0 Å². The smallest absolute Gasteiger partial charge is 0.410 e. The fourth-order valence-corrected chi connectivity index (χ4v) is 3.52. The Balaban J connectivity index is -0.000000331. The second-order valence-electron chi connectivity index (χ2n) is 14.6. The molecule has 14 heteroatoms. The highest BCUT2D eigenvalue weighted by Crippen LogP contribution is 2.10. The Morgan fingerprint density at radius 3 is 1.33 bits per heavy atom. The summed E-state index contributed by atoms with van der Waals surface area (Å²) in [6, 6.07) is 0.616. The van der Waals surface area contributed by atoms with Crippen LogP contribution in [0.25, 0.3) is 0 Å². The summed E-state index contributed by atoms with van der Waals surface area (Å²) >= 11 is 0. The molecule has 51 heavy (non-hydrogen) atoms. The Morgan fingerprint density at radius 2 is 1.02 bits per heavy atom. The number of carbonyl (C=O) groups is 4. The molecule has 13 nitrogen and oxygen atoms in total. The zero-order chi connectivity index (χ0) is 39.7. The van der Waals surface area contributed by atoms with Crippen LogP contribution in [0.5, 0.6) is 0 Å². The lowest BCUT2D eigenvalue weighted by atomic mass is 10.2. The number of amides is 4.